The number of nitrogens with zero attached hydrogens (tertiary/aromatic N) is 1. The van der Waals surface area contributed by atoms with Crippen molar-refractivity contribution in [2.75, 3.05) is 32.8 Å². The molecule has 1 atom stereocenters. The molecule has 1 aromatic rings. The fourth-order valence-corrected chi connectivity index (χ4v) is 2.86. The minimum Gasteiger partial charge on any atom is -0.376 e. The van der Waals surface area contributed by atoms with Crippen molar-refractivity contribution in [2.45, 2.75) is 19.4 Å². The molecule has 0 unspecified atom stereocenters. The normalized spacial score (nSPS) is 19.5. The molecule has 1 aliphatic heterocycles. The highest BCUT2D eigenvalue weighted by Gasteiger charge is 2.18. The van der Waals surface area contributed by atoms with Crippen molar-refractivity contribution in [1.82, 2.24) is 10.2 Å². The fraction of sp³-hybridized carbons (Fsp3) is 0.533. The van der Waals surface area contributed by atoms with Gasteiger partial charge in [0.2, 0.25) is 5.91 Å². The Morgan fingerprint density at radius 1 is 1.48 bits per heavy atom. The minimum atomic E-state index is 0.0363. The van der Waals surface area contributed by atoms with Gasteiger partial charge in [-0.2, -0.15) is 0 Å². The van der Waals surface area contributed by atoms with Crippen LogP contribution in [0.3, 0.4) is 0 Å². The van der Waals surface area contributed by atoms with Crippen LogP contribution in [0, 0.1) is 0 Å². The number of hydrogen-bond donors (Lipinski definition) is 1. The van der Waals surface area contributed by atoms with Crippen molar-refractivity contribution < 1.29 is 9.53 Å². The third-order valence-electron chi connectivity index (χ3n) is 3.42. The van der Waals surface area contributed by atoms with Gasteiger partial charge in [-0.05, 0) is 31.0 Å². The highest BCUT2D eigenvalue weighted by molar-refractivity contribution is 6.35. The van der Waals surface area contributed by atoms with Crippen LogP contribution in [0.4, 0.5) is 0 Å². The average Bonchev–Trinajstić information content (AvgIpc) is 2.41. The summed E-state index contributed by atoms with van der Waals surface area (Å²) in [6.45, 7) is 5.31. The molecule has 0 saturated carbocycles. The maximum Gasteiger partial charge on any atom is 0.234 e. The van der Waals surface area contributed by atoms with E-state index in [1.807, 2.05) is 13.0 Å². The SMILES string of the molecule is C[C@H]1CN(CC(=O)NCCc2ccc(Cl)cc2Cl)CCO1. The monoisotopic (exact) mass is 330 g/mol. The van der Waals surface area contributed by atoms with Crippen molar-refractivity contribution in [3.63, 3.8) is 0 Å². The number of hydrogen-bond acceptors (Lipinski definition) is 3. The van der Waals surface area contributed by atoms with Crippen molar-refractivity contribution in [2.24, 2.45) is 0 Å². The Hall–Kier alpha value is -0.810. The Kier molecular flexibility index (Phi) is 6.30. The van der Waals surface area contributed by atoms with Crippen LogP contribution in [0.2, 0.25) is 10.0 Å². The van der Waals surface area contributed by atoms with Crippen molar-refractivity contribution in [3.05, 3.63) is 33.8 Å². The van der Waals surface area contributed by atoms with E-state index in [9.17, 15) is 4.79 Å². The van der Waals surface area contributed by atoms with E-state index < -0.39 is 0 Å². The van der Waals surface area contributed by atoms with Gasteiger partial charge >= 0.3 is 0 Å². The molecule has 21 heavy (non-hydrogen) atoms. The molecule has 4 nitrogen and oxygen atoms in total. The quantitative estimate of drug-likeness (QED) is 0.901. The van der Waals surface area contributed by atoms with E-state index >= 15 is 0 Å². The summed E-state index contributed by atoms with van der Waals surface area (Å²) in [5.41, 5.74) is 0.987. The molecule has 1 aromatic carbocycles. The molecule has 116 valence electrons. The third-order valence-corrected chi connectivity index (χ3v) is 4.01. The first kappa shape index (κ1) is 16.6. The van der Waals surface area contributed by atoms with Crippen LogP contribution < -0.4 is 5.32 Å². The van der Waals surface area contributed by atoms with Gasteiger partial charge in [-0.15, -0.1) is 0 Å². The molecule has 2 rings (SSSR count). The zero-order chi connectivity index (χ0) is 15.2. The van der Waals surface area contributed by atoms with Crippen LogP contribution in [-0.2, 0) is 16.0 Å². The summed E-state index contributed by atoms with van der Waals surface area (Å²) in [5.74, 6) is 0.0363. The minimum absolute atomic E-state index is 0.0363. The molecule has 6 heteroatoms. The number of amides is 1. The first-order chi connectivity index (χ1) is 10.0. The van der Waals surface area contributed by atoms with E-state index in [1.165, 1.54) is 0 Å². The summed E-state index contributed by atoms with van der Waals surface area (Å²) in [5, 5.41) is 4.18. The summed E-state index contributed by atoms with van der Waals surface area (Å²) < 4.78 is 5.45. The molecular formula is C15H20Cl2N2O2. The molecule has 0 aromatic heterocycles. The molecule has 1 N–H and O–H groups in total. The van der Waals surface area contributed by atoms with Crippen LogP contribution in [-0.4, -0.2) is 49.7 Å². The van der Waals surface area contributed by atoms with E-state index in [-0.39, 0.29) is 12.0 Å². The Labute approximate surface area is 135 Å². The number of rotatable bonds is 5. The van der Waals surface area contributed by atoms with Gasteiger partial charge in [0.15, 0.2) is 0 Å². The van der Waals surface area contributed by atoms with Crippen LogP contribution >= 0.6 is 23.2 Å². The maximum atomic E-state index is 11.9. The van der Waals surface area contributed by atoms with Gasteiger partial charge in [-0.1, -0.05) is 29.3 Å². The maximum absolute atomic E-state index is 11.9. The van der Waals surface area contributed by atoms with Crippen LogP contribution in [0.15, 0.2) is 18.2 Å². The zero-order valence-electron chi connectivity index (χ0n) is 12.1. The topological polar surface area (TPSA) is 41.6 Å². The second-order valence-corrected chi connectivity index (χ2v) is 6.10. The molecule has 0 bridgehead atoms. The molecule has 1 saturated heterocycles. The van der Waals surface area contributed by atoms with Gasteiger partial charge < -0.3 is 10.1 Å². The van der Waals surface area contributed by atoms with Gasteiger partial charge in [0.1, 0.15) is 0 Å². The Bertz CT molecular complexity index is 497. The van der Waals surface area contributed by atoms with Crippen LogP contribution in [0.1, 0.15) is 12.5 Å². The van der Waals surface area contributed by atoms with Gasteiger partial charge in [0.05, 0.1) is 19.3 Å². The number of carbonyl (C=O) groups excluding carboxylic acids is 1. The molecule has 0 radical (unpaired) electrons. The molecule has 1 fully saturated rings. The third kappa shape index (κ3) is 5.47. The predicted octanol–water partition coefficient (Wildman–Crippen LogP) is 2.37. The number of morpholine rings is 1. The molecule has 1 heterocycles. The van der Waals surface area contributed by atoms with E-state index in [2.05, 4.69) is 10.2 Å². The van der Waals surface area contributed by atoms with E-state index in [0.717, 1.165) is 18.7 Å². The van der Waals surface area contributed by atoms with E-state index in [0.29, 0.717) is 36.2 Å². The molecule has 1 amide bonds. The Morgan fingerprint density at radius 3 is 3.00 bits per heavy atom. The number of nitrogens with one attached hydrogen (secondary N) is 1. The number of halogens is 2. The predicted molar refractivity (Wildman–Crippen MR) is 85.0 cm³/mol. The Morgan fingerprint density at radius 2 is 2.29 bits per heavy atom. The average molecular weight is 331 g/mol. The van der Waals surface area contributed by atoms with Gasteiger partial charge in [-0.3, -0.25) is 9.69 Å². The summed E-state index contributed by atoms with van der Waals surface area (Å²) in [6, 6.07) is 5.41. The Balaban J connectivity index is 1.71. The van der Waals surface area contributed by atoms with Gasteiger partial charge in [0.25, 0.3) is 0 Å². The number of ether oxygens (including phenoxy) is 1. The lowest BCUT2D eigenvalue weighted by atomic mass is 10.1. The second-order valence-electron chi connectivity index (χ2n) is 5.25. The molecular weight excluding hydrogens is 311 g/mol. The summed E-state index contributed by atoms with van der Waals surface area (Å²) in [7, 11) is 0. The summed E-state index contributed by atoms with van der Waals surface area (Å²) >= 11 is 11.9. The number of benzene rings is 1. The lowest BCUT2D eigenvalue weighted by Crippen LogP contribution is -2.46. The number of carbonyl (C=O) groups is 1. The van der Waals surface area contributed by atoms with Crippen molar-refractivity contribution >= 4 is 29.1 Å². The van der Waals surface area contributed by atoms with Crippen LogP contribution in [0.5, 0.6) is 0 Å². The first-order valence-electron chi connectivity index (χ1n) is 7.09. The van der Waals surface area contributed by atoms with E-state index in [4.69, 9.17) is 27.9 Å². The highest BCUT2D eigenvalue weighted by atomic mass is 35.5. The van der Waals surface area contributed by atoms with Gasteiger partial charge in [-0.25, -0.2) is 0 Å². The summed E-state index contributed by atoms with van der Waals surface area (Å²) in [4.78, 5) is 14.0. The first-order valence-corrected chi connectivity index (χ1v) is 7.85. The highest BCUT2D eigenvalue weighted by Crippen LogP contribution is 2.21. The zero-order valence-corrected chi connectivity index (χ0v) is 13.6. The largest absolute Gasteiger partial charge is 0.376 e. The lowest BCUT2D eigenvalue weighted by Gasteiger charge is -2.30. The smallest absolute Gasteiger partial charge is 0.234 e. The fourth-order valence-electron chi connectivity index (χ4n) is 2.35. The molecule has 1 aliphatic rings. The van der Waals surface area contributed by atoms with Crippen molar-refractivity contribution in [1.29, 1.82) is 0 Å². The van der Waals surface area contributed by atoms with Crippen LogP contribution in [0.25, 0.3) is 0 Å². The van der Waals surface area contributed by atoms with Crippen molar-refractivity contribution in [3.8, 4) is 0 Å². The molecule has 0 spiro atoms. The standard InChI is InChI=1S/C15H20Cl2N2O2/c1-11-9-19(6-7-21-11)10-15(20)18-5-4-12-2-3-13(16)8-14(12)17/h2-3,8,11H,4-7,9-10H2,1H3,(H,18,20)/t11-/m0/s1. The summed E-state index contributed by atoms with van der Waals surface area (Å²) in [6.07, 6.45) is 0.890. The van der Waals surface area contributed by atoms with Gasteiger partial charge in [0, 0.05) is 29.7 Å². The second kappa shape index (κ2) is 7.99. The lowest BCUT2D eigenvalue weighted by molar-refractivity contribution is -0.124. The molecule has 0 aliphatic carbocycles. The van der Waals surface area contributed by atoms with E-state index in [1.54, 1.807) is 12.1 Å².